The zero-order valence-electron chi connectivity index (χ0n) is 12.0. The molecule has 0 atom stereocenters. The quantitative estimate of drug-likeness (QED) is 0.579. The van der Waals surface area contributed by atoms with Crippen molar-refractivity contribution in [3.8, 4) is 0 Å². The number of thioether (sulfide) groups is 1. The first-order valence-electron chi connectivity index (χ1n) is 6.85. The lowest BCUT2D eigenvalue weighted by Gasteiger charge is -2.08. The summed E-state index contributed by atoms with van der Waals surface area (Å²) in [5, 5.41) is 0.428. The lowest BCUT2D eigenvalue weighted by atomic mass is 10.2. The third-order valence-electron chi connectivity index (χ3n) is 2.83. The van der Waals surface area contributed by atoms with Gasteiger partial charge >= 0.3 is 5.97 Å². The Bertz CT molecular complexity index is 668. The number of carbonyl (C=O) groups is 2. The number of hydrogen-bond acceptors (Lipinski definition) is 4. The first-order valence-corrected chi connectivity index (χ1v) is 8.05. The van der Waals surface area contributed by atoms with E-state index in [-0.39, 0.29) is 5.12 Å². The number of carbonyl (C=O) groups excluding carboxylic acids is 2. The van der Waals surface area contributed by atoms with E-state index < -0.39 is 5.97 Å². The molecule has 0 saturated heterocycles. The van der Waals surface area contributed by atoms with E-state index in [1.165, 1.54) is 0 Å². The fourth-order valence-electron chi connectivity index (χ4n) is 1.74. The van der Waals surface area contributed by atoms with E-state index in [4.69, 9.17) is 16.3 Å². The summed E-state index contributed by atoms with van der Waals surface area (Å²) < 4.78 is 5.14. The Labute approximate surface area is 138 Å². The second-order valence-electron chi connectivity index (χ2n) is 4.53. The van der Waals surface area contributed by atoms with Crippen LogP contribution in [0.25, 0.3) is 0 Å². The second-order valence-corrected chi connectivity index (χ2v) is 5.98. The number of rotatable bonds is 5. The van der Waals surface area contributed by atoms with E-state index in [9.17, 15) is 9.59 Å². The van der Waals surface area contributed by atoms with Crippen LogP contribution in [0.15, 0.2) is 53.4 Å². The third-order valence-corrected chi connectivity index (χ3v) is 4.08. The van der Waals surface area contributed by atoms with Crippen molar-refractivity contribution < 1.29 is 14.3 Å². The maximum atomic E-state index is 12.3. The Morgan fingerprint density at radius 1 is 1.09 bits per heavy atom. The number of ether oxygens (including phenoxy) is 1. The van der Waals surface area contributed by atoms with Gasteiger partial charge in [-0.1, -0.05) is 30.7 Å². The van der Waals surface area contributed by atoms with Gasteiger partial charge in [-0.2, -0.15) is 0 Å². The first-order chi connectivity index (χ1) is 10.6. The van der Waals surface area contributed by atoms with Gasteiger partial charge in [0.25, 0.3) is 0 Å². The maximum absolute atomic E-state index is 12.3. The largest absolute Gasteiger partial charge is 0.462 e. The molecule has 2 aromatic carbocycles. The number of benzene rings is 2. The van der Waals surface area contributed by atoms with Gasteiger partial charge in [0.2, 0.25) is 5.12 Å². The smallest absolute Gasteiger partial charge is 0.339 e. The fourth-order valence-corrected chi connectivity index (χ4v) is 2.73. The normalized spacial score (nSPS) is 10.3. The average molecular weight is 335 g/mol. The summed E-state index contributed by atoms with van der Waals surface area (Å²) in [6, 6.07) is 13.6. The number of halogens is 1. The molecule has 0 aromatic heterocycles. The van der Waals surface area contributed by atoms with Crippen molar-refractivity contribution in [3.05, 3.63) is 64.7 Å². The van der Waals surface area contributed by atoms with Gasteiger partial charge in [0, 0.05) is 15.5 Å². The molecule has 114 valence electrons. The molecule has 0 amide bonds. The van der Waals surface area contributed by atoms with Crippen molar-refractivity contribution in [2.75, 3.05) is 6.61 Å². The summed E-state index contributed by atoms with van der Waals surface area (Å²) in [5.41, 5.74) is 0.939. The van der Waals surface area contributed by atoms with E-state index in [0.717, 1.165) is 18.2 Å². The zero-order chi connectivity index (χ0) is 15.9. The van der Waals surface area contributed by atoms with Crippen molar-refractivity contribution in [2.24, 2.45) is 0 Å². The lowest BCUT2D eigenvalue weighted by Crippen LogP contribution is -2.07. The average Bonchev–Trinajstić information content (AvgIpc) is 2.53. The Hall–Kier alpha value is -1.78. The Balaban J connectivity index is 2.17. The molecule has 0 heterocycles. The van der Waals surface area contributed by atoms with Crippen LogP contribution >= 0.6 is 23.4 Å². The van der Waals surface area contributed by atoms with Gasteiger partial charge < -0.3 is 4.74 Å². The highest BCUT2D eigenvalue weighted by Gasteiger charge is 2.16. The molecule has 2 aromatic rings. The molecule has 0 spiro atoms. The molecule has 0 saturated carbocycles. The molecule has 2 rings (SSSR count). The van der Waals surface area contributed by atoms with Gasteiger partial charge in [-0.25, -0.2) is 4.79 Å². The van der Waals surface area contributed by atoms with Crippen LogP contribution in [0, 0.1) is 0 Å². The fraction of sp³-hybridized carbons (Fsp3) is 0.176. The van der Waals surface area contributed by atoms with Gasteiger partial charge in [0.15, 0.2) is 0 Å². The van der Waals surface area contributed by atoms with Crippen LogP contribution in [0.2, 0.25) is 5.02 Å². The van der Waals surface area contributed by atoms with E-state index in [2.05, 4.69) is 0 Å². The molecule has 0 aliphatic heterocycles. The highest BCUT2D eigenvalue weighted by atomic mass is 35.5. The minimum Gasteiger partial charge on any atom is -0.462 e. The van der Waals surface area contributed by atoms with E-state index in [1.54, 1.807) is 48.5 Å². The van der Waals surface area contributed by atoms with Crippen molar-refractivity contribution >= 4 is 34.4 Å². The molecule has 0 aliphatic rings. The van der Waals surface area contributed by atoms with Crippen LogP contribution in [-0.4, -0.2) is 17.7 Å². The van der Waals surface area contributed by atoms with Crippen LogP contribution in [0.4, 0.5) is 0 Å². The maximum Gasteiger partial charge on any atom is 0.339 e. The Morgan fingerprint density at radius 2 is 1.77 bits per heavy atom. The van der Waals surface area contributed by atoms with Crippen LogP contribution < -0.4 is 0 Å². The van der Waals surface area contributed by atoms with E-state index >= 15 is 0 Å². The topological polar surface area (TPSA) is 43.4 Å². The Morgan fingerprint density at radius 3 is 2.45 bits per heavy atom. The van der Waals surface area contributed by atoms with Gasteiger partial charge in [-0.15, -0.1) is 0 Å². The predicted octanol–water partition coefficient (Wildman–Crippen LogP) is 4.84. The van der Waals surface area contributed by atoms with Crippen molar-refractivity contribution in [1.82, 2.24) is 0 Å². The number of esters is 1. The molecule has 0 bridgehead atoms. The highest BCUT2D eigenvalue weighted by Crippen LogP contribution is 2.27. The standard InChI is InChI=1S/C17H15ClO3S/c1-2-11-21-16(19)14-5-3-4-6-15(14)22-17(20)12-7-9-13(18)10-8-12/h3-10H,2,11H2,1H3. The van der Waals surface area contributed by atoms with Crippen LogP contribution in [0.1, 0.15) is 34.1 Å². The predicted molar refractivity (Wildman–Crippen MR) is 88.7 cm³/mol. The van der Waals surface area contributed by atoms with Gasteiger partial charge in [0.05, 0.1) is 12.2 Å². The van der Waals surface area contributed by atoms with Crippen molar-refractivity contribution in [1.29, 1.82) is 0 Å². The second kappa shape index (κ2) is 8.01. The monoisotopic (exact) mass is 334 g/mol. The van der Waals surface area contributed by atoms with Gasteiger partial charge in [0.1, 0.15) is 0 Å². The van der Waals surface area contributed by atoms with Gasteiger partial charge in [-0.05, 0) is 54.6 Å². The molecular formula is C17H15ClO3S. The lowest BCUT2D eigenvalue weighted by molar-refractivity contribution is 0.0501. The number of hydrogen-bond donors (Lipinski definition) is 0. The van der Waals surface area contributed by atoms with Crippen LogP contribution in [0.5, 0.6) is 0 Å². The summed E-state index contributed by atoms with van der Waals surface area (Å²) >= 11 is 6.82. The summed E-state index contributed by atoms with van der Waals surface area (Å²) in [7, 11) is 0. The molecular weight excluding hydrogens is 320 g/mol. The molecule has 0 unspecified atom stereocenters. The third kappa shape index (κ3) is 4.36. The molecule has 0 radical (unpaired) electrons. The molecule has 0 fully saturated rings. The minimum atomic E-state index is -0.408. The SMILES string of the molecule is CCCOC(=O)c1ccccc1SC(=O)c1ccc(Cl)cc1. The summed E-state index contributed by atoms with van der Waals surface area (Å²) in [4.78, 5) is 24.9. The summed E-state index contributed by atoms with van der Waals surface area (Å²) in [5.74, 6) is -0.408. The van der Waals surface area contributed by atoms with E-state index in [0.29, 0.717) is 27.7 Å². The molecule has 22 heavy (non-hydrogen) atoms. The molecule has 3 nitrogen and oxygen atoms in total. The Kier molecular flexibility index (Phi) is 6.04. The molecule has 0 aliphatic carbocycles. The highest BCUT2D eigenvalue weighted by molar-refractivity contribution is 8.14. The minimum absolute atomic E-state index is 0.146. The molecule has 5 heteroatoms. The van der Waals surface area contributed by atoms with Crippen molar-refractivity contribution in [2.45, 2.75) is 18.2 Å². The van der Waals surface area contributed by atoms with Crippen molar-refractivity contribution in [3.63, 3.8) is 0 Å². The summed E-state index contributed by atoms with van der Waals surface area (Å²) in [6.07, 6.45) is 0.755. The van der Waals surface area contributed by atoms with Gasteiger partial charge in [-0.3, -0.25) is 4.79 Å². The first kappa shape index (κ1) is 16.6. The zero-order valence-corrected chi connectivity index (χ0v) is 13.6. The van der Waals surface area contributed by atoms with E-state index in [1.807, 2.05) is 6.92 Å². The summed E-state index contributed by atoms with van der Waals surface area (Å²) in [6.45, 7) is 2.29. The van der Waals surface area contributed by atoms with Crippen LogP contribution in [0.3, 0.4) is 0 Å². The van der Waals surface area contributed by atoms with Crippen LogP contribution in [-0.2, 0) is 4.74 Å². The molecule has 0 N–H and O–H groups in total.